The highest BCUT2D eigenvalue weighted by atomic mass is 16.5. The van der Waals surface area contributed by atoms with Gasteiger partial charge in [-0.05, 0) is 37.6 Å². The molecule has 2 N–H and O–H groups in total. The zero-order valence-electron chi connectivity index (χ0n) is 12.1. The third-order valence-corrected chi connectivity index (χ3v) is 3.50. The molecular weight excluding hydrogens is 252 g/mol. The summed E-state index contributed by atoms with van der Waals surface area (Å²) >= 11 is 0. The molecule has 0 saturated carbocycles. The lowest BCUT2D eigenvalue weighted by molar-refractivity contribution is 0.0476. The zero-order chi connectivity index (χ0) is 14.4. The third-order valence-electron chi connectivity index (χ3n) is 3.50. The standard InChI is InChI=1S/C16H22N2O2/c1-16(19,7-9-17-10-11-20-2)14-6-5-13-4-3-8-18-15(13)12-14/h3-6,8,12,17,19H,7,9-11H2,1-2H3. The summed E-state index contributed by atoms with van der Waals surface area (Å²) in [5.41, 5.74) is 0.959. The summed E-state index contributed by atoms with van der Waals surface area (Å²) in [6, 6.07) is 9.88. The van der Waals surface area contributed by atoms with Gasteiger partial charge in [0.1, 0.15) is 0 Å². The van der Waals surface area contributed by atoms with Crippen LogP contribution in [0.4, 0.5) is 0 Å². The number of nitrogens with one attached hydrogen (secondary N) is 1. The fourth-order valence-corrected chi connectivity index (χ4v) is 2.18. The van der Waals surface area contributed by atoms with Crippen LogP contribution in [0.15, 0.2) is 36.5 Å². The van der Waals surface area contributed by atoms with E-state index in [0.29, 0.717) is 13.0 Å². The molecule has 1 atom stereocenters. The smallest absolute Gasteiger partial charge is 0.0881 e. The molecule has 1 unspecified atom stereocenters. The fraction of sp³-hybridized carbons (Fsp3) is 0.438. The first-order chi connectivity index (χ1) is 9.63. The first-order valence-corrected chi connectivity index (χ1v) is 6.91. The van der Waals surface area contributed by atoms with Crippen molar-refractivity contribution in [1.82, 2.24) is 10.3 Å². The fourth-order valence-electron chi connectivity index (χ4n) is 2.18. The molecule has 20 heavy (non-hydrogen) atoms. The Balaban J connectivity index is 2.02. The van der Waals surface area contributed by atoms with E-state index in [4.69, 9.17) is 4.74 Å². The van der Waals surface area contributed by atoms with Crippen LogP contribution in [0.1, 0.15) is 18.9 Å². The molecule has 0 spiro atoms. The Hall–Kier alpha value is -1.49. The van der Waals surface area contributed by atoms with Crippen LogP contribution in [0.25, 0.3) is 10.9 Å². The molecular formula is C16H22N2O2. The Morgan fingerprint density at radius 3 is 2.95 bits per heavy atom. The molecule has 4 heteroatoms. The van der Waals surface area contributed by atoms with E-state index in [9.17, 15) is 5.11 Å². The number of aromatic nitrogens is 1. The van der Waals surface area contributed by atoms with Crippen molar-refractivity contribution in [2.45, 2.75) is 18.9 Å². The van der Waals surface area contributed by atoms with Crippen molar-refractivity contribution in [1.29, 1.82) is 0 Å². The van der Waals surface area contributed by atoms with Crippen molar-refractivity contribution in [3.63, 3.8) is 0 Å². The second-order valence-corrected chi connectivity index (χ2v) is 5.18. The maximum absolute atomic E-state index is 10.6. The Kier molecular flexibility index (Phi) is 5.06. The van der Waals surface area contributed by atoms with Crippen LogP contribution in [0.5, 0.6) is 0 Å². The lowest BCUT2D eigenvalue weighted by atomic mass is 9.91. The van der Waals surface area contributed by atoms with E-state index in [0.717, 1.165) is 29.6 Å². The maximum atomic E-state index is 10.6. The number of fused-ring (bicyclic) bond motifs is 1. The van der Waals surface area contributed by atoms with Crippen molar-refractivity contribution in [2.75, 3.05) is 26.8 Å². The number of hydrogen-bond donors (Lipinski definition) is 2. The van der Waals surface area contributed by atoms with E-state index in [2.05, 4.69) is 10.3 Å². The van der Waals surface area contributed by atoms with Crippen LogP contribution in [0, 0.1) is 0 Å². The zero-order valence-corrected chi connectivity index (χ0v) is 12.1. The van der Waals surface area contributed by atoms with E-state index in [1.54, 1.807) is 13.3 Å². The molecule has 1 aromatic heterocycles. The average Bonchev–Trinajstić information content (AvgIpc) is 2.46. The van der Waals surface area contributed by atoms with Crippen LogP contribution >= 0.6 is 0 Å². The number of ether oxygens (including phenoxy) is 1. The van der Waals surface area contributed by atoms with Gasteiger partial charge in [0.05, 0.1) is 17.7 Å². The van der Waals surface area contributed by atoms with Gasteiger partial charge in [0.15, 0.2) is 0 Å². The normalized spacial score (nSPS) is 14.3. The molecule has 2 aromatic rings. The van der Waals surface area contributed by atoms with Gasteiger partial charge in [-0.3, -0.25) is 4.98 Å². The van der Waals surface area contributed by atoms with Gasteiger partial charge in [0.25, 0.3) is 0 Å². The van der Waals surface area contributed by atoms with Crippen LogP contribution < -0.4 is 5.32 Å². The van der Waals surface area contributed by atoms with Gasteiger partial charge < -0.3 is 15.2 Å². The van der Waals surface area contributed by atoms with Crippen LogP contribution in [-0.2, 0) is 10.3 Å². The van der Waals surface area contributed by atoms with Gasteiger partial charge in [-0.15, -0.1) is 0 Å². The lowest BCUT2D eigenvalue weighted by Gasteiger charge is -2.24. The summed E-state index contributed by atoms with van der Waals surface area (Å²) in [6.45, 7) is 4.07. The molecule has 2 rings (SSSR count). The molecule has 4 nitrogen and oxygen atoms in total. The van der Waals surface area contributed by atoms with E-state index >= 15 is 0 Å². The van der Waals surface area contributed by atoms with E-state index in [-0.39, 0.29) is 0 Å². The van der Waals surface area contributed by atoms with E-state index in [1.165, 1.54) is 0 Å². The second-order valence-electron chi connectivity index (χ2n) is 5.18. The maximum Gasteiger partial charge on any atom is 0.0881 e. The van der Waals surface area contributed by atoms with Crippen molar-refractivity contribution in [3.8, 4) is 0 Å². The second kappa shape index (κ2) is 6.79. The Morgan fingerprint density at radius 2 is 2.15 bits per heavy atom. The van der Waals surface area contributed by atoms with Gasteiger partial charge in [-0.1, -0.05) is 18.2 Å². The van der Waals surface area contributed by atoms with Gasteiger partial charge >= 0.3 is 0 Å². The predicted octanol–water partition coefficient (Wildman–Crippen LogP) is 2.07. The number of hydrogen-bond acceptors (Lipinski definition) is 4. The number of pyridine rings is 1. The lowest BCUT2D eigenvalue weighted by Crippen LogP contribution is -2.29. The van der Waals surface area contributed by atoms with Crippen molar-refractivity contribution < 1.29 is 9.84 Å². The number of benzene rings is 1. The molecule has 0 aliphatic rings. The molecule has 1 aromatic carbocycles. The minimum atomic E-state index is -0.855. The quantitative estimate of drug-likeness (QED) is 0.759. The Morgan fingerprint density at radius 1 is 1.30 bits per heavy atom. The average molecular weight is 274 g/mol. The van der Waals surface area contributed by atoms with Gasteiger partial charge in [0, 0.05) is 25.2 Å². The topological polar surface area (TPSA) is 54.4 Å². The Labute approximate surface area is 119 Å². The monoisotopic (exact) mass is 274 g/mol. The summed E-state index contributed by atoms with van der Waals surface area (Å²) in [4.78, 5) is 4.33. The molecule has 0 aliphatic heterocycles. The highest BCUT2D eigenvalue weighted by Crippen LogP contribution is 2.26. The van der Waals surface area contributed by atoms with Gasteiger partial charge in [-0.25, -0.2) is 0 Å². The largest absolute Gasteiger partial charge is 0.385 e. The highest BCUT2D eigenvalue weighted by molar-refractivity contribution is 5.79. The molecule has 0 saturated heterocycles. The van der Waals surface area contributed by atoms with Crippen molar-refractivity contribution in [2.24, 2.45) is 0 Å². The SMILES string of the molecule is COCCNCCC(C)(O)c1ccc2cccnc2c1. The molecule has 108 valence electrons. The number of rotatable bonds is 7. The minimum Gasteiger partial charge on any atom is -0.385 e. The van der Waals surface area contributed by atoms with Gasteiger partial charge in [0.2, 0.25) is 0 Å². The molecule has 0 aliphatic carbocycles. The van der Waals surface area contributed by atoms with Gasteiger partial charge in [-0.2, -0.15) is 0 Å². The number of methoxy groups -OCH3 is 1. The summed E-state index contributed by atoms with van der Waals surface area (Å²) in [7, 11) is 1.68. The number of aliphatic hydroxyl groups is 1. The summed E-state index contributed by atoms with van der Waals surface area (Å²) in [6.07, 6.45) is 2.42. The predicted molar refractivity (Wildman–Crippen MR) is 80.7 cm³/mol. The first-order valence-electron chi connectivity index (χ1n) is 6.91. The summed E-state index contributed by atoms with van der Waals surface area (Å²) < 4.78 is 4.97. The Bertz CT molecular complexity index is 555. The summed E-state index contributed by atoms with van der Waals surface area (Å²) in [5, 5.41) is 14.9. The molecule has 0 amide bonds. The summed E-state index contributed by atoms with van der Waals surface area (Å²) in [5.74, 6) is 0. The first kappa shape index (κ1) is 14.9. The van der Waals surface area contributed by atoms with E-state index in [1.807, 2.05) is 37.3 Å². The van der Waals surface area contributed by atoms with Crippen LogP contribution in [-0.4, -0.2) is 36.9 Å². The van der Waals surface area contributed by atoms with Crippen molar-refractivity contribution >= 4 is 10.9 Å². The molecule has 0 fully saturated rings. The third kappa shape index (κ3) is 3.76. The van der Waals surface area contributed by atoms with Crippen LogP contribution in [0.2, 0.25) is 0 Å². The minimum absolute atomic E-state index is 0.648. The molecule has 0 radical (unpaired) electrons. The van der Waals surface area contributed by atoms with Crippen LogP contribution in [0.3, 0.4) is 0 Å². The van der Waals surface area contributed by atoms with E-state index < -0.39 is 5.60 Å². The highest BCUT2D eigenvalue weighted by Gasteiger charge is 2.22. The van der Waals surface area contributed by atoms with Crippen molar-refractivity contribution in [3.05, 3.63) is 42.1 Å². The molecule has 0 bridgehead atoms. The number of nitrogens with zero attached hydrogens (tertiary/aromatic N) is 1. The molecule has 1 heterocycles.